The Balaban J connectivity index is 1.74. The van der Waals surface area contributed by atoms with E-state index in [0.29, 0.717) is 23.6 Å². The number of ether oxygens (including phenoxy) is 1. The first-order valence-electron chi connectivity index (χ1n) is 8.96. The SMILES string of the molecule is COc1ccccc1C(=O)NCc1ccc(-c2nn(CCO)c(N)c2C#N)cc1. The summed E-state index contributed by atoms with van der Waals surface area (Å²) in [5.41, 5.74) is 8.75. The number of carbonyl (C=O) groups is 1. The Morgan fingerprint density at radius 1 is 1.28 bits per heavy atom. The fraction of sp³-hybridized carbons (Fsp3) is 0.190. The number of hydrogen-bond acceptors (Lipinski definition) is 6. The Kier molecular flexibility index (Phi) is 6.12. The molecule has 0 bridgehead atoms. The second kappa shape index (κ2) is 8.91. The van der Waals surface area contributed by atoms with Crippen molar-refractivity contribution in [2.45, 2.75) is 13.1 Å². The molecule has 0 spiro atoms. The monoisotopic (exact) mass is 391 g/mol. The summed E-state index contributed by atoms with van der Waals surface area (Å²) in [5.74, 6) is 0.513. The molecule has 0 aliphatic rings. The van der Waals surface area contributed by atoms with Crippen LogP contribution in [0.1, 0.15) is 21.5 Å². The van der Waals surface area contributed by atoms with Crippen molar-refractivity contribution in [2.24, 2.45) is 0 Å². The number of rotatable bonds is 7. The molecule has 148 valence electrons. The van der Waals surface area contributed by atoms with Crippen LogP contribution in [0, 0.1) is 11.3 Å². The molecule has 0 fully saturated rings. The number of para-hydroxylation sites is 1. The number of amides is 1. The molecule has 2 aromatic carbocycles. The number of nitrogen functional groups attached to an aromatic ring is 1. The maximum Gasteiger partial charge on any atom is 0.255 e. The molecule has 1 aromatic heterocycles. The van der Waals surface area contributed by atoms with Crippen LogP contribution in [-0.2, 0) is 13.1 Å². The first-order chi connectivity index (χ1) is 14.1. The minimum Gasteiger partial charge on any atom is -0.496 e. The van der Waals surface area contributed by atoms with Crippen LogP contribution < -0.4 is 15.8 Å². The topological polar surface area (TPSA) is 126 Å². The number of aliphatic hydroxyl groups is 1. The highest BCUT2D eigenvalue weighted by molar-refractivity contribution is 5.96. The minimum atomic E-state index is -0.228. The number of nitrogens with two attached hydrogens (primary N) is 1. The van der Waals surface area contributed by atoms with Crippen molar-refractivity contribution in [3.05, 3.63) is 65.2 Å². The second-order valence-corrected chi connectivity index (χ2v) is 6.25. The van der Waals surface area contributed by atoms with Crippen LogP contribution in [-0.4, -0.2) is 34.5 Å². The molecule has 0 saturated carbocycles. The summed E-state index contributed by atoms with van der Waals surface area (Å²) < 4.78 is 6.62. The standard InChI is InChI=1S/C21H21N5O3/c1-29-18-5-3-2-4-16(18)21(28)24-13-14-6-8-15(9-7-14)19-17(12-22)20(23)26(25-19)10-11-27/h2-9,27H,10-11,13,23H2,1H3,(H,24,28). The highest BCUT2D eigenvalue weighted by Crippen LogP contribution is 2.27. The maximum atomic E-state index is 12.4. The number of methoxy groups -OCH3 is 1. The molecule has 8 nitrogen and oxygen atoms in total. The van der Waals surface area contributed by atoms with Gasteiger partial charge in [-0.3, -0.25) is 4.79 Å². The van der Waals surface area contributed by atoms with Crippen LogP contribution in [0.25, 0.3) is 11.3 Å². The van der Waals surface area contributed by atoms with Crippen LogP contribution in [0.3, 0.4) is 0 Å². The van der Waals surface area contributed by atoms with E-state index in [2.05, 4.69) is 16.5 Å². The maximum absolute atomic E-state index is 12.4. The number of nitrogens with one attached hydrogen (secondary N) is 1. The highest BCUT2D eigenvalue weighted by atomic mass is 16.5. The van der Waals surface area contributed by atoms with Gasteiger partial charge in [-0.15, -0.1) is 0 Å². The van der Waals surface area contributed by atoms with Crippen molar-refractivity contribution < 1.29 is 14.6 Å². The smallest absolute Gasteiger partial charge is 0.255 e. The predicted molar refractivity (Wildman–Crippen MR) is 108 cm³/mol. The van der Waals surface area contributed by atoms with Crippen LogP contribution in [0.15, 0.2) is 48.5 Å². The Morgan fingerprint density at radius 3 is 2.66 bits per heavy atom. The highest BCUT2D eigenvalue weighted by Gasteiger charge is 2.17. The third kappa shape index (κ3) is 4.20. The molecule has 3 rings (SSSR count). The quantitative estimate of drug-likeness (QED) is 0.565. The molecule has 0 aliphatic heterocycles. The zero-order valence-electron chi connectivity index (χ0n) is 15.9. The van der Waals surface area contributed by atoms with E-state index < -0.39 is 0 Å². The van der Waals surface area contributed by atoms with Gasteiger partial charge in [0, 0.05) is 12.1 Å². The molecule has 1 heterocycles. The van der Waals surface area contributed by atoms with Crippen molar-refractivity contribution in [1.82, 2.24) is 15.1 Å². The van der Waals surface area contributed by atoms with Gasteiger partial charge in [-0.25, -0.2) is 4.68 Å². The first kappa shape index (κ1) is 19.9. The Hall–Kier alpha value is -3.83. The van der Waals surface area contributed by atoms with Gasteiger partial charge in [0.1, 0.15) is 28.9 Å². The lowest BCUT2D eigenvalue weighted by atomic mass is 10.1. The van der Waals surface area contributed by atoms with Gasteiger partial charge in [0.15, 0.2) is 0 Å². The summed E-state index contributed by atoms with van der Waals surface area (Å²) in [7, 11) is 1.52. The molecule has 8 heteroatoms. The molecule has 0 aliphatic carbocycles. The molecular formula is C21H21N5O3. The number of carbonyl (C=O) groups excluding carboxylic acids is 1. The van der Waals surface area contributed by atoms with E-state index >= 15 is 0 Å². The van der Waals surface area contributed by atoms with Crippen molar-refractivity contribution in [3.63, 3.8) is 0 Å². The minimum absolute atomic E-state index is 0.124. The van der Waals surface area contributed by atoms with Crippen molar-refractivity contribution >= 4 is 11.7 Å². The van der Waals surface area contributed by atoms with E-state index in [9.17, 15) is 10.1 Å². The average Bonchev–Trinajstić information content (AvgIpc) is 3.07. The van der Waals surface area contributed by atoms with Gasteiger partial charge >= 0.3 is 0 Å². The van der Waals surface area contributed by atoms with E-state index in [-0.39, 0.29) is 30.4 Å². The Morgan fingerprint density at radius 2 is 2.00 bits per heavy atom. The molecule has 1 amide bonds. The van der Waals surface area contributed by atoms with Crippen molar-refractivity contribution in [1.29, 1.82) is 5.26 Å². The third-order valence-electron chi connectivity index (χ3n) is 4.45. The van der Waals surface area contributed by atoms with E-state index in [1.54, 1.807) is 24.3 Å². The number of aromatic nitrogens is 2. The van der Waals surface area contributed by atoms with E-state index in [1.807, 2.05) is 24.3 Å². The summed E-state index contributed by atoms with van der Waals surface area (Å²) in [5, 5.41) is 25.7. The number of benzene rings is 2. The lowest BCUT2D eigenvalue weighted by molar-refractivity contribution is 0.0948. The fourth-order valence-corrected chi connectivity index (χ4v) is 2.94. The van der Waals surface area contributed by atoms with Crippen LogP contribution in [0.2, 0.25) is 0 Å². The molecule has 0 atom stereocenters. The van der Waals surface area contributed by atoms with Crippen LogP contribution >= 0.6 is 0 Å². The second-order valence-electron chi connectivity index (χ2n) is 6.25. The summed E-state index contributed by atoms with van der Waals surface area (Å²) in [6.45, 7) is 0.429. The molecule has 4 N–H and O–H groups in total. The molecule has 0 radical (unpaired) electrons. The average molecular weight is 391 g/mol. The zero-order valence-corrected chi connectivity index (χ0v) is 15.9. The normalized spacial score (nSPS) is 10.4. The molecule has 0 saturated heterocycles. The Labute approximate surface area is 168 Å². The predicted octanol–water partition coefficient (Wildman–Crippen LogP) is 1.93. The number of aliphatic hydroxyl groups excluding tert-OH is 1. The van der Waals surface area contributed by atoms with Crippen LogP contribution in [0.5, 0.6) is 5.75 Å². The molecule has 3 aromatic rings. The van der Waals surface area contributed by atoms with Gasteiger partial charge in [-0.05, 0) is 17.7 Å². The molecule has 29 heavy (non-hydrogen) atoms. The lowest BCUT2D eigenvalue weighted by Gasteiger charge is -2.09. The molecule has 0 unspecified atom stereocenters. The number of nitrogens with zero attached hydrogens (tertiary/aromatic N) is 3. The number of nitriles is 1. The van der Waals surface area contributed by atoms with E-state index in [4.69, 9.17) is 15.6 Å². The fourth-order valence-electron chi connectivity index (χ4n) is 2.94. The van der Waals surface area contributed by atoms with Gasteiger partial charge in [-0.1, -0.05) is 36.4 Å². The van der Waals surface area contributed by atoms with Gasteiger partial charge in [-0.2, -0.15) is 10.4 Å². The van der Waals surface area contributed by atoms with Gasteiger partial charge in [0.05, 0.1) is 25.8 Å². The first-order valence-corrected chi connectivity index (χ1v) is 8.96. The zero-order chi connectivity index (χ0) is 20.8. The largest absolute Gasteiger partial charge is 0.496 e. The third-order valence-corrected chi connectivity index (χ3v) is 4.45. The van der Waals surface area contributed by atoms with E-state index in [1.165, 1.54) is 11.8 Å². The van der Waals surface area contributed by atoms with Gasteiger partial charge < -0.3 is 20.9 Å². The van der Waals surface area contributed by atoms with Crippen molar-refractivity contribution in [3.8, 4) is 23.1 Å². The van der Waals surface area contributed by atoms with Crippen LogP contribution in [0.4, 0.5) is 5.82 Å². The summed E-state index contributed by atoms with van der Waals surface area (Å²) in [4.78, 5) is 12.4. The summed E-state index contributed by atoms with van der Waals surface area (Å²) in [6.07, 6.45) is 0. The summed E-state index contributed by atoms with van der Waals surface area (Å²) >= 11 is 0. The van der Waals surface area contributed by atoms with Crippen molar-refractivity contribution in [2.75, 3.05) is 19.5 Å². The van der Waals surface area contributed by atoms with E-state index in [0.717, 1.165) is 11.1 Å². The number of hydrogen-bond donors (Lipinski definition) is 3. The molecular weight excluding hydrogens is 370 g/mol. The summed E-state index contributed by atoms with van der Waals surface area (Å²) in [6, 6.07) is 16.4. The van der Waals surface area contributed by atoms with Gasteiger partial charge in [0.2, 0.25) is 0 Å². The Bertz CT molecular complexity index is 1050. The van der Waals surface area contributed by atoms with Gasteiger partial charge in [0.25, 0.3) is 5.91 Å². The lowest BCUT2D eigenvalue weighted by Crippen LogP contribution is -2.23. The number of anilines is 1.